The third-order valence-corrected chi connectivity index (χ3v) is 11.7. The summed E-state index contributed by atoms with van der Waals surface area (Å²) in [7, 11) is 3.22. The molecule has 1 saturated heterocycles. The maximum absolute atomic E-state index is 14.4. The summed E-state index contributed by atoms with van der Waals surface area (Å²) in [6.07, 6.45) is -0.597. The summed E-state index contributed by atoms with van der Waals surface area (Å²) < 4.78 is 26.3. The number of hydrogen-bond donors (Lipinski definition) is 2. The molecule has 1 fully saturated rings. The Balaban J connectivity index is 1.23. The number of azide groups is 1. The van der Waals surface area contributed by atoms with Crippen LogP contribution in [0.1, 0.15) is 46.5 Å². The average Bonchev–Trinajstić information content (AvgIpc) is 3.60. The number of nitrogens with zero attached hydrogens (tertiary/aromatic N) is 5. The van der Waals surface area contributed by atoms with E-state index in [1.165, 1.54) is 4.57 Å². The summed E-state index contributed by atoms with van der Waals surface area (Å²) >= 11 is 0. The molecule has 2 heterocycles. The van der Waals surface area contributed by atoms with Crippen molar-refractivity contribution in [3.63, 3.8) is 0 Å². The fraction of sp³-hybridized carbons (Fsp3) is 0.200. The highest BCUT2D eigenvalue weighted by Crippen LogP contribution is 2.50. The van der Waals surface area contributed by atoms with Gasteiger partial charge in [-0.1, -0.05) is 158 Å². The van der Waals surface area contributed by atoms with Crippen LogP contribution in [-0.4, -0.2) is 47.3 Å². The van der Waals surface area contributed by atoms with Gasteiger partial charge < -0.3 is 29.4 Å². The Morgan fingerprint density at radius 2 is 1.15 bits per heavy atom. The third-order valence-electron chi connectivity index (χ3n) is 11.7. The van der Waals surface area contributed by atoms with Gasteiger partial charge in [-0.25, -0.2) is 4.79 Å². The van der Waals surface area contributed by atoms with E-state index in [4.69, 9.17) is 18.9 Å². The zero-order chi connectivity index (χ0) is 43.2. The van der Waals surface area contributed by atoms with Crippen LogP contribution in [0.25, 0.3) is 10.4 Å². The van der Waals surface area contributed by atoms with Crippen molar-refractivity contribution in [2.45, 2.75) is 36.1 Å². The van der Waals surface area contributed by atoms with Gasteiger partial charge in [0.1, 0.15) is 40.8 Å². The molecule has 7 aromatic rings. The normalized spacial score (nSPS) is 18.7. The monoisotopic (exact) mass is 826 g/mol. The van der Waals surface area contributed by atoms with E-state index in [0.717, 1.165) is 33.4 Å². The predicted molar refractivity (Wildman–Crippen MR) is 237 cm³/mol. The topological polar surface area (TPSA) is 153 Å². The first-order chi connectivity index (χ1) is 30.3. The van der Waals surface area contributed by atoms with Crippen molar-refractivity contribution in [1.29, 1.82) is 0 Å². The molecule has 0 amide bonds. The number of rotatable bonds is 15. The van der Waals surface area contributed by atoms with Crippen LogP contribution >= 0.6 is 0 Å². The molecule has 0 bridgehead atoms. The van der Waals surface area contributed by atoms with Gasteiger partial charge in [0.05, 0.1) is 20.8 Å². The van der Waals surface area contributed by atoms with Gasteiger partial charge in [-0.15, -0.1) is 0 Å². The Bertz CT molecular complexity index is 2600. The number of hydrogen-bond acceptors (Lipinski definition) is 9. The molecule has 0 spiro atoms. The van der Waals surface area contributed by atoms with Crippen LogP contribution in [0.5, 0.6) is 11.5 Å². The van der Waals surface area contributed by atoms with Crippen LogP contribution in [0.3, 0.4) is 0 Å². The van der Waals surface area contributed by atoms with Crippen LogP contribution in [-0.2, 0) is 20.6 Å². The number of aromatic nitrogens is 2. The van der Waals surface area contributed by atoms with E-state index in [-0.39, 0.29) is 0 Å². The minimum Gasteiger partial charge on any atom is -0.497 e. The standard InChI is InChI=1S/C50H46N6O6/c1-35-45(61-50(39-20-12-6-13-21-39,40-22-14-7-15-23-40)41-26-30-43(60-3)31-27-41)48(34-57,54-55-51)62-46(35)56-33-32-44(52-47(56)58)53-49(36-16-8-4-9-17-36,37-18-10-5-11-19-37)38-24-28-42(59-2)29-25-38/h4-33,35,45-46,57H,34H2,1-3H3,(H,52,53,58)/t35-,45-,46+,48+/m0/s1. The lowest BCUT2D eigenvalue weighted by molar-refractivity contribution is -0.161. The quantitative estimate of drug-likeness (QED) is 0.0449. The molecule has 1 aromatic heterocycles. The molecule has 1 aliphatic heterocycles. The number of methoxy groups -OCH3 is 2. The highest BCUT2D eigenvalue weighted by Gasteiger charge is 2.58. The van der Waals surface area contributed by atoms with E-state index in [1.54, 1.807) is 26.5 Å². The molecule has 8 rings (SSSR count). The molecular weight excluding hydrogens is 781 g/mol. The molecule has 62 heavy (non-hydrogen) atoms. The minimum absolute atomic E-state index is 0.295. The van der Waals surface area contributed by atoms with Gasteiger partial charge in [-0.05, 0) is 69.2 Å². The van der Waals surface area contributed by atoms with Gasteiger partial charge in [-0.3, -0.25) is 4.57 Å². The Morgan fingerprint density at radius 3 is 1.58 bits per heavy atom. The van der Waals surface area contributed by atoms with Gasteiger partial charge in [0.2, 0.25) is 0 Å². The van der Waals surface area contributed by atoms with Crippen molar-refractivity contribution in [2.24, 2.45) is 11.0 Å². The lowest BCUT2D eigenvalue weighted by atomic mass is 9.77. The molecule has 1 aliphatic rings. The fourth-order valence-electron chi connectivity index (χ4n) is 8.64. The second kappa shape index (κ2) is 17.8. The summed E-state index contributed by atoms with van der Waals surface area (Å²) in [4.78, 5) is 22.2. The van der Waals surface area contributed by atoms with Gasteiger partial charge in [-0.2, -0.15) is 4.98 Å². The highest BCUT2D eigenvalue weighted by molar-refractivity contribution is 5.58. The molecule has 0 aliphatic carbocycles. The maximum atomic E-state index is 14.4. The summed E-state index contributed by atoms with van der Waals surface area (Å²) in [5.74, 6) is 0.955. The van der Waals surface area contributed by atoms with E-state index in [1.807, 2.05) is 177 Å². The zero-order valence-electron chi connectivity index (χ0n) is 34.5. The van der Waals surface area contributed by atoms with Crippen molar-refractivity contribution in [3.8, 4) is 11.5 Å². The first-order valence-corrected chi connectivity index (χ1v) is 20.2. The predicted octanol–water partition coefficient (Wildman–Crippen LogP) is 9.21. The SMILES string of the molecule is COc1ccc(C(Nc2ccn([C@@H]3O[C@@](CO)(N=[N+]=[N-])[C@@H](OC(c4ccccc4)(c4ccccc4)c4ccc(OC)cc4)[C@@H]3C)c(=O)n2)(c2ccccc2)c2ccccc2)cc1. The van der Waals surface area contributed by atoms with Gasteiger partial charge in [0.15, 0.2) is 5.72 Å². The van der Waals surface area contributed by atoms with E-state index in [9.17, 15) is 15.4 Å². The zero-order valence-corrected chi connectivity index (χ0v) is 34.5. The molecule has 0 radical (unpaired) electrons. The lowest BCUT2D eigenvalue weighted by Crippen LogP contribution is -2.49. The molecule has 312 valence electrons. The Kier molecular flexibility index (Phi) is 11.9. The minimum atomic E-state index is -1.96. The molecule has 6 aromatic carbocycles. The van der Waals surface area contributed by atoms with Gasteiger partial charge in [0, 0.05) is 17.0 Å². The summed E-state index contributed by atoms with van der Waals surface area (Å²) in [6.45, 7) is 1.09. The van der Waals surface area contributed by atoms with E-state index in [0.29, 0.717) is 17.3 Å². The van der Waals surface area contributed by atoms with Gasteiger partial charge in [0.25, 0.3) is 0 Å². The second-order valence-electron chi connectivity index (χ2n) is 15.1. The smallest absolute Gasteiger partial charge is 0.351 e. The largest absolute Gasteiger partial charge is 0.497 e. The van der Waals surface area contributed by atoms with Crippen molar-refractivity contribution in [2.75, 3.05) is 26.1 Å². The Hall–Kier alpha value is -7.21. The highest BCUT2D eigenvalue weighted by atomic mass is 16.6. The Morgan fingerprint density at radius 1 is 0.710 bits per heavy atom. The molecule has 4 atom stereocenters. The summed E-state index contributed by atoms with van der Waals surface area (Å²) in [5, 5.41) is 18.9. The maximum Gasteiger partial charge on any atom is 0.351 e. The van der Waals surface area contributed by atoms with E-state index < -0.39 is 47.4 Å². The van der Waals surface area contributed by atoms with Crippen LogP contribution in [0.4, 0.5) is 5.82 Å². The summed E-state index contributed by atoms with van der Waals surface area (Å²) in [6, 6.07) is 56.3. The van der Waals surface area contributed by atoms with Crippen LogP contribution in [0.2, 0.25) is 0 Å². The second-order valence-corrected chi connectivity index (χ2v) is 15.1. The van der Waals surface area contributed by atoms with Gasteiger partial charge >= 0.3 is 5.69 Å². The van der Waals surface area contributed by atoms with Crippen molar-refractivity contribution in [3.05, 3.63) is 236 Å². The average molecular weight is 827 g/mol. The first kappa shape index (κ1) is 41.5. The van der Waals surface area contributed by atoms with Crippen LogP contribution < -0.4 is 20.5 Å². The van der Waals surface area contributed by atoms with Crippen LogP contribution in [0.15, 0.2) is 192 Å². The number of aliphatic hydroxyl groups excluding tert-OH is 1. The number of aliphatic hydroxyl groups is 1. The molecule has 0 saturated carbocycles. The lowest BCUT2D eigenvalue weighted by Gasteiger charge is -2.42. The molecule has 2 N–H and O–H groups in total. The van der Waals surface area contributed by atoms with Crippen molar-refractivity contribution >= 4 is 5.82 Å². The van der Waals surface area contributed by atoms with Crippen molar-refractivity contribution < 1.29 is 24.1 Å². The first-order valence-electron chi connectivity index (χ1n) is 20.2. The molecule has 12 nitrogen and oxygen atoms in total. The number of benzene rings is 6. The van der Waals surface area contributed by atoms with E-state index >= 15 is 0 Å². The number of anilines is 1. The molecular formula is C50H46N6O6. The summed E-state index contributed by atoms with van der Waals surface area (Å²) in [5.41, 5.74) is 10.1. The number of nitrogens with one attached hydrogen (secondary N) is 1. The number of ether oxygens (including phenoxy) is 4. The fourth-order valence-corrected chi connectivity index (χ4v) is 8.64. The van der Waals surface area contributed by atoms with Crippen LogP contribution in [0, 0.1) is 5.92 Å². The molecule has 12 heteroatoms. The third kappa shape index (κ3) is 7.46. The van der Waals surface area contributed by atoms with E-state index in [2.05, 4.69) is 20.3 Å². The molecule has 0 unspecified atom stereocenters. The Labute approximate surface area is 359 Å². The van der Waals surface area contributed by atoms with Crippen molar-refractivity contribution in [1.82, 2.24) is 9.55 Å².